The van der Waals surface area contributed by atoms with Gasteiger partial charge in [-0.15, -0.1) is 11.3 Å². The highest BCUT2D eigenvalue weighted by atomic mass is 32.1. The molecule has 0 aliphatic heterocycles. The van der Waals surface area contributed by atoms with Crippen molar-refractivity contribution in [2.24, 2.45) is 5.92 Å². The van der Waals surface area contributed by atoms with Crippen LogP contribution in [0, 0.1) is 12.8 Å². The molecule has 0 bridgehead atoms. The fourth-order valence-corrected chi connectivity index (χ4v) is 3.36. The topological polar surface area (TPSA) is 90.5 Å². The average molecular weight is 311 g/mol. The number of urea groups is 1. The zero-order valence-corrected chi connectivity index (χ0v) is 12.8. The molecule has 21 heavy (non-hydrogen) atoms. The van der Waals surface area contributed by atoms with Crippen molar-refractivity contribution in [3.63, 3.8) is 0 Å². The van der Waals surface area contributed by atoms with E-state index in [1.54, 1.807) is 0 Å². The first-order valence-electron chi connectivity index (χ1n) is 7.12. The number of carbonyl (C=O) groups excluding carboxylic acids is 1. The van der Waals surface area contributed by atoms with E-state index in [9.17, 15) is 9.59 Å². The third-order valence-electron chi connectivity index (χ3n) is 3.69. The number of aryl methyl sites for hydroxylation is 1. The summed E-state index contributed by atoms with van der Waals surface area (Å²) in [7, 11) is 0. The maximum atomic E-state index is 11.9. The molecule has 4 N–H and O–H groups in total. The van der Waals surface area contributed by atoms with Crippen LogP contribution in [-0.2, 0) is 0 Å². The van der Waals surface area contributed by atoms with Gasteiger partial charge in [-0.1, -0.05) is 0 Å². The van der Waals surface area contributed by atoms with Crippen LogP contribution >= 0.6 is 11.3 Å². The minimum Gasteiger partial charge on any atom is -0.465 e. The Kier molecular flexibility index (Phi) is 5.44. The summed E-state index contributed by atoms with van der Waals surface area (Å²) in [6, 6.07) is 1.95. The van der Waals surface area contributed by atoms with Gasteiger partial charge < -0.3 is 15.7 Å². The molecule has 0 aromatic carbocycles. The second kappa shape index (κ2) is 7.31. The van der Waals surface area contributed by atoms with Crippen molar-refractivity contribution in [1.82, 2.24) is 10.6 Å². The first-order chi connectivity index (χ1) is 10.0. The van der Waals surface area contributed by atoms with Crippen LogP contribution in [0.3, 0.4) is 0 Å². The highest BCUT2D eigenvalue weighted by molar-refractivity contribution is 7.14. The molecule has 1 aliphatic carbocycles. The molecule has 1 aromatic heterocycles. The smallest absolute Gasteiger partial charge is 0.404 e. The van der Waals surface area contributed by atoms with Gasteiger partial charge in [-0.3, -0.25) is 5.32 Å². The molecule has 1 heterocycles. The van der Waals surface area contributed by atoms with Crippen LogP contribution in [0.4, 0.5) is 14.6 Å². The lowest BCUT2D eigenvalue weighted by atomic mass is 9.86. The maximum absolute atomic E-state index is 11.9. The Morgan fingerprint density at radius 3 is 2.62 bits per heavy atom. The van der Waals surface area contributed by atoms with E-state index in [0.717, 1.165) is 36.2 Å². The zero-order chi connectivity index (χ0) is 15.2. The summed E-state index contributed by atoms with van der Waals surface area (Å²) in [5, 5.41) is 19.7. The van der Waals surface area contributed by atoms with Gasteiger partial charge in [0.1, 0.15) is 0 Å². The summed E-state index contributed by atoms with van der Waals surface area (Å²) in [6.07, 6.45) is 2.68. The fraction of sp³-hybridized carbons (Fsp3) is 0.571. The van der Waals surface area contributed by atoms with Crippen molar-refractivity contribution in [2.45, 2.75) is 38.6 Å². The molecule has 0 radical (unpaired) electrons. The quantitative estimate of drug-likeness (QED) is 0.689. The van der Waals surface area contributed by atoms with Crippen LogP contribution in [0.1, 0.15) is 31.2 Å². The number of anilines is 1. The number of thiophene rings is 1. The fourth-order valence-electron chi connectivity index (χ4n) is 2.57. The second-order valence-electron chi connectivity index (χ2n) is 5.49. The number of amides is 3. The van der Waals surface area contributed by atoms with Crippen molar-refractivity contribution in [2.75, 3.05) is 11.9 Å². The minimum absolute atomic E-state index is 0.163. The predicted molar refractivity (Wildman–Crippen MR) is 83.0 cm³/mol. The Hall–Kier alpha value is -1.76. The third kappa shape index (κ3) is 5.26. The summed E-state index contributed by atoms with van der Waals surface area (Å²) in [4.78, 5) is 22.3. The molecule has 1 aromatic rings. The first-order valence-corrected chi connectivity index (χ1v) is 8.00. The van der Waals surface area contributed by atoms with Gasteiger partial charge in [0.15, 0.2) is 0 Å². The van der Waals surface area contributed by atoms with E-state index in [2.05, 4.69) is 16.0 Å². The summed E-state index contributed by atoms with van der Waals surface area (Å²) in [6.45, 7) is 2.49. The normalized spacial score (nSPS) is 21.6. The largest absolute Gasteiger partial charge is 0.465 e. The number of carboxylic acid groups (broad SMARTS) is 1. The van der Waals surface area contributed by atoms with Gasteiger partial charge in [0.25, 0.3) is 0 Å². The first kappa shape index (κ1) is 15.6. The van der Waals surface area contributed by atoms with Crippen molar-refractivity contribution in [1.29, 1.82) is 0 Å². The van der Waals surface area contributed by atoms with E-state index in [1.165, 1.54) is 11.3 Å². The van der Waals surface area contributed by atoms with Crippen LogP contribution in [0.5, 0.6) is 0 Å². The highest BCUT2D eigenvalue weighted by Gasteiger charge is 2.22. The van der Waals surface area contributed by atoms with Gasteiger partial charge in [-0.25, -0.2) is 9.59 Å². The van der Waals surface area contributed by atoms with Gasteiger partial charge in [0.2, 0.25) is 0 Å². The zero-order valence-electron chi connectivity index (χ0n) is 12.0. The van der Waals surface area contributed by atoms with E-state index in [1.807, 2.05) is 18.4 Å². The molecule has 3 amide bonds. The standard InChI is InChI=1S/C14H21N3O3S/c1-9-6-12(21-8-9)17-13(18)16-11-4-2-10(3-5-11)7-15-14(19)20/h6,8,10-11,15H,2-5,7H2,1H3,(H,19,20)(H2,16,17,18)/t10-,11+. The lowest BCUT2D eigenvalue weighted by Gasteiger charge is -2.28. The van der Waals surface area contributed by atoms with E-state index >= 15 is 0 Å². The Bertz CT molecular complexity index is 495. The van der Waals surface area contributed by atoms with Crippen LogP contribution in [0.15, 0.2) is 11.4 Å². The summed E-state index contributed by atoms with van der Waals surface area (Å²) in [5.74, 6) is 0.377. The van der Waals surface area contributed by atoms with Gasteiger partial charge in [-0.05, 0) is 55.5 Å². The van der Waals surface area contributed by atoms with E-state index < -0.39 is 6.09 Å². The summed E-state index contributed by atoms with van der Waals surface area (Å²) < 4.78 is 0. The second-order valence-corrected chi connectivity index (χ2v) is 6.40. The molecule has 6 nitrogen and oxygen atoms in total. The maximum Gasteiger partial charge on any atom is 0.404 e. The van der Waals surface area contributed by atoms with Gasteiger partial charge in [0.05, 0.1) is 5.00 Å². The monoisotopic (exact) mass is 311 g/mol. The molecule has 1 aliphatic rings. The number of rotatable bonds is 4. The molecule has 7 heteroatoms. The minimum atomic E-state index is -0.971. The molecular weight excluding hydrogens is 290 g/mol. The SMILES string of the molecule is Cc1csc(NC(=O)N[C@H]2CC[C@@H](CNC(=O)O)CC2)c1. The van der Waals surface area contributed by atoms with E-state index in [4.69, 9.17) is 5.11 Å². The Labute approximate surface area is 127 Å². The van der Waals surface area contributed by atoms with Crippen LogP contribution in [-0.4, -0.2) is 29.8 Å². The summed E-state index contributed by atoms with van der Waals surface area (Å²) >= 11 is 1.51. The van der Waals surface area contributed by atoms with Crippen molar-refractivity contribution < 1.29 is 14.7 Å². The summed E-state index contributed by atoms with van der Waals surface area (Å²) in [5.41, 5.74) is 1.14. The Morgan fingerprint density at radius 2 is 2.05 bits per heavy atom. The van der Waals surface area contributed by atoms with Gasteiger partial charge >= 0.3 is 12.1 Å². The van der Waals surface area contributed by atoms with Crippen molar-refractivity contribution in [3.8, 4) is 0 Å². The molecular formula is C14H21N3O3S. The number of hydrogen-bond acceptors (Lipinski definition) is 3. The number of carbonyl (C=O) groups is 2. The predicted octanol–water partition coefficient (Wildman–Crippen LogP) is 3.00. The Balaban J connectivity index is 1.68. The number of hydrogen-bond donors (Lipinski definition) is 4. The van der Waals surface area contributed by atoms with Crippen molar-refractivity contribution in [3.05, 3.63) is 17.0 Å². The lowest BCUT2D eigenvalue weighted by molar-refractivity contribution is 0.189. The molecule has 0 unspecified atom stereocenters. The third-order valence-corrected chi connectivity index (χ3v) is 4.65. The Morgan fingerprint density at radius 1 is 1.33 bits per heavy atom. The molecule has 0 atom stereocenters. The van der Waals surface area contributed by atoms with Crippen LogP contribution in [0.2, 0.25) is 0 Å². The van der Waals surface area contributed by atoms with Crippen LogP contribution in [0.25, 0.3) is 0 Å². The van der Waals surface area contributed by atoms with Gasteiger partial charge in [-0.2, -0.15) is 0 Å². The van der Waals surface area contributed by atoms with Crippen molar-refractivity contribution >= 4 is 28.5 Å². The number of nitrogens with one attached hydrogen (secondary N) is 3. The molecule has 0 spiro atoms. The van der Waals surface area contributed by atoms with E-state index in [0.29, 0.717) is 12.5 Å². The molecule has 2 rings (SSSR count). The van der Waals surface area contributed by atoms with Crippen LogP contribution < -0.4 is 16.0 Å². The van der Waals surface area contributed by atoms with E-state index in [-0.39, 0.29) is 12.1 Å². The molecule has 0 saturated heterocycles. The molecule has 1 fully saturated rings. The van der Waals surface area contributed by atoms with Gasteiger partial charge in [0, 0.05) is 12.6 Å². The molecule has 1 saturated carbocycles. The lowest BCUT2D eigenvalue weighted by Crippen LogP contribution is -2.41. The average Bonchev–Trinajstić information content (AvgIpc) is 2.83. The highest BCUT2D eigenvalue weighted by Crippen LogP contribution is 2.24. The molecule has 116 valence electrons.